The Kier molecular flexibility index (Phi) is 5.01. The van der Waals surface area contributed by atoms with Crippen molar-refractivity contribution in [1.82, 2.24) is 15.5 Å². The Labute approximate surface area is 110 Å². The van der Waals surface area contributed by atoms with E-state index in [1.807, 2.05) is 0 Å². The molecule has 4 nitrogen and oxygen atoms in total. The minimum atomic E-state index is 0.0610. The lowest BCUT2D eigenvalue weighted by molar-refractivity contribution is -0.129. The monoisotopic (exact) mass is 253 g/mol. The van der Waals surface area contributed by atoms with Crippen LogP contribution in [0.2, 0.25) is 0 Å². The van der Waals surface area contributed by atoms with E-state index in [4.69, 9.17) is 0 Å². The Morgan fingerprint density at radius 1 is 1.28 bits per heavy atom. The molecule has 0 saturated carbocycles. The molecule has 2 heterocycles. The Morgan fingerprint density at radius 2 is 2.00 bits per heavy atom. The highest BCUT2D eigenvalue weighted by Crippen LogP contribution is 2.18. The van der Waals surface area contributed by atoms with Crippen molar-refractivity contribution in [3.8, 4) is 0 Å². The molecule has 2 rings (SSSR count). The summed E-state index contributed by atoms with van der Waals surface area (Å²) in [7, 11) is 0. The maximum Gasteiger partial charge on any atom is 0.237 e. The first-order valence-electron chi connectivity index (χ1n) is 7.43. The molecule has 0 aromatic carbocycles. The Hall–Kier alpha value is -0.610. The summed E-state index contributed by atoms with van der Waals surface area (Å²) in [5.74, 6) is 0.623. The summed E-state index contributed by atoms with van der Waals surface area (Å²) < 4.78 is 0. The molecule has 2 aliphatic heterocycles. The second-order valence-electron chi connectivity index (χ2n) is 5.98. The number of hydrogen-bond donors (Lipinski definition) is 2. The second-order valence-corrected chi connectivity index (χ2v) is 5.98. The number of carbonyl (C=O) groups is 1. The van der Waals surface area contributed by atoms with E-state index < -0.39 is 0 Å². The van der Waals surface area contributed by atoms with Gasteiger partial charge in [0.05, 0.1) is 6.04 Å². The molecule has 0 aromatic heterocycles. The van der Waals surface area contributed by atoms with Crippen molar-refractivity contribution in [2.45, 2.75) is 51.6 Å². The van der Waals surface area contributed by atoms with E-state index in [0.717, 1.165) is 32.6 Å². The number of nitrogens with one attached hydrogen (secondary N) is 2. The molecule has 2 N–H and O–H groups in total. The van der Waals surface area contributed by atoms with Gasteiger partial charge in [-0.2, -0.15) is 0 Å². The summed E-state index contributed by atoms with van der Waals surface area (Å²) in [5.41, 5.74) is 0. The summed E-state index contributed by atoms with van der Waals surface area (Å²) in [4.78, 5) is 14.8. The zero-order valence-electron chi connectivity index (χ0n) is 11.7. The molecular formula is C14H27N3O. The number of nitrogens with zero attached hydrogens (tertiary/aromatic N) is 1. The Balaban J connectivity index is 1.92. The van der Waals surface area contributed by atoms with Crippen molar-refractivity contribution in [3.05, 3.63) is 0 Å². The molecule has 1 amide bonds. The summed E-state index contributed by atoms with van der Waals surface area (Å²) in [6, 6.07) is 0.398. The van der Waals surface area contributed by atoms with E-state index in [0.29, 0.717) is 12.0 Å². The van der Waals surface area contributed by atoms with Gasteiger partial charge in [-0.15, -0.1) is 0 Å². The lowest BCUT2D eigenvalue weighted by Crippen LogP contribution is -2.53. The van der Waals surface area contributed by atoms with Gasteiger partial charge in [0.1, 0.15) is 0 Å². The Bertz CT molecular complexity index is 268. The van der Waals surface area contributed by atoms with E-state index in [2.05, 4.69) is 29.4 Å². The van der Waals surface area contributed by atoms with Gasteiger partial charge in [-0.05, 0) is 44.8 Å². The maximum absolute atomic E-state index is 12.5. The first-order valence-corrected chi connectivity index (χ1v) is 7.43. The van der Waals surface area contributed by atoms with Crippen molar-refractivity contribution >= 4 is 5.91 Å². The molecule has 2 atom stereocenters. The van der Waals surface area contributed by atoms with Crippen molar-refractivity contribution in [1.29, 1.82) is 0 Å². The summed E-state index contributed by atoms with van der Waals surface area (Å²) in [5, 5.41) is 6.51. The zero-order chi connectivity index (χ0) is 13.0. The molecule has 18 heavy (non-hydrogen) atoms. The van der Waals surface area contributed by atoms with Crippen LogP contribution in [0.1, 0.15) is 39.5 Å². The van der Waals surface area contributed by atoms with Crippen molar-refractivity contribution < 1.29 is 4.79 Å². The third kappa shape index (κ3) is 3.45. The molecular weight excluding hydrogens is 226 g/mol. The van der Waals surface area contributed by atoms with E-state index in [9.17, 15) is 4.79 Å². The first-order chi connectivity index (χ1) is 8.68. The van der Waals surface area contributed by atoms with Crippen LogP contribution in [0.15, 0.2) is 0 Å². The first kappa shape index (κ1) is 13.8. The van der Waals surface area contributed by atoms with E-state index >= 15 is 0 Å². The molecule has 2 aliphatic rings. The van der Waals surface area contributed by atoms with E-state index in [1.165, 1.54) is 19.3 Å². The highest BCUT2D eigenvalue weighted by atomic mass is 16.2. The third-order valence-electron chi connectivity index (χ3n) is 4.09. The van der Waals surface area contributed by atoms with Crippen LogP contribution >= 0.6 is 0 Å². The van der Waals surface area contributed by atoms with Gasteiger partial charge >= 0.3 is 0 Å². The zero-order valence-corrected chi connectivity index (χ0v) is 11.7. The van der Waals surface area contributed by atoms with Crippen LogP contribution in [0.3, 0.4) is 0 Å². The summed E-state index contributed by atoms with van der Waals surface area (Å²) in [6.45, 7) is 8.44. The standard InChI is InChI=1S/C14H27N3O/c1-11(2)13(17-8-4-3-5-9-17)14(18)16-12-6-7-15-10-12/h11-13,15H,3-10H2,1-2H3,(H,16,18). The molecule has 4 heteroatoms. The van der Waals surface area contributed by atoms with Crippen molar-refractivity contribution in [3.63, 3.8) is 0 Å². The summed E-state index contributed by atoms with van der Waals surface area (Å²) >= 11 is 0. The van der Waals surface area contributed by atoms with Crippen LogP contribution in [0.4, 0.5) is 0 Å². The molecule has 0 radical (unpaired) electrons. The van der Waals surface area contributed by atoms with E-state index in [1.54, 1.807) is 0 Å². The topological polar surface area (TPSA) is 44.4 Å². The van der Waals surface area contributed by atoms with Crippen LogP contribution in [0.25, 0.3) is 0 Å². The van der Waals surface area contributed by atoms with Gasteiger partial charge < -0.3 is 10.6 Å². The fourth-order valence-electron chi connectivity index (χ4n) is 3.15. The van der Waals surface area contributed by atoms with Gasteiger partial charge in [0.15, 0.2) is 0 Å². The lowest BCUT2D eigenvalue weighted by atomic mass is 9.98. The fourth-order valence-corrected chi connectivity index (χ4v) is 3.15. The quantitative estimate of drug-likeness (QED) is 0.785. The molecule has 104 valence electrons. The van der Waals surface area contributed by atoms with Gasteiger partial charge in [0.2, 0.25) is 5.91 Å². The highest BCUT2D eigenvalue weighted by Gasteiger charge is 2.31. The molecule has 2 saturated heterocycles. The van der Waals surface area contributed by atoms with Gasteiger partial charge in [0.25, 0.3) is 0 Å². The van der Waals surface area contributed by atoms with Crippen LogP contribution in [-0.2, 0) is 4.79 Å². The van der Waals surface area contributed by atoms with Crippen LogP contribution in [-0.4, -0.2) is 49.1 Å². The van der Waals surface area contributed by atoms with Crippen molar-refractivity contribution in [2.75, 3.05) is 26.2 Å². The number of likely N-dealkylation sites (tertiary alicyclic amines) is 1. The van der Waals surface area contributed by atoms with Crippen LogP contribution in [0.5, 0.6) is 0 Å². The predicted octanol–water partition coefficient (Wildman–Crippen LogP) is 0.975. The van der Waals surface area contributed by atoms with E-state index in [-0.39, 0.29) is 11.9 Å². The minimum Gasteiger partial charge on any atom is -0.351 e. The minimum absolute atomic E-state index is 0.0610. The SMILES string of the molecule is CC(C)C(C(=O)NC1CCNC1)N1CCCCC1. The molecule has 0 aromatic rings. The largest absolute Gasteiger partial charge is 0.351 e. The number of amides is 1. The predicted molar refractivity (Wildman–Crippen MR) is 73.5 cm³/mol. The molecule has 0 bridgehead atoms. The molecule has 0 spiro atoms. The molecule has 2 unspecified atom stereocenters. The average Bonchev–Trinajstić information content (AvgIpc) is 2.83. The van der Waals surface area contributed by atoms with Gasteiger partial charge in [-0.25, -0.2) is 0 Å². The smallest absolute Gasteiger partial charge is 0.237 e. The summed E-state index contributed by atoms with van der Waals surface area (Å²) in [6.07, 6.45) is 4.86. The highest BCUT2D eigenvalue weighted by molar-refractivity contribution is 5.82. The number of hydrogen-bond acceptors (Lipinski definition) is 3. The van der Waals surface area contributed by atoms with Crippen molar-refractivity contribution in [2.24, 2.45) is 5.92 Å². The van der Waals surface area contributed by atoms with Crippen LogP contribution < -0.4 is 10.6 Å². The molecule has 0 aliphatic carbocycles. The maximum atomic E-state index is 12.5. The average molecular weight is 253 g/mol. The normalized spacial score (nSPS) is 27.4. The molecule has 2 fully saturated rings. The van der Waals surface area contributed by atoms with Gasteiger partial charge in [-0.1, -0.05) is 20.3 Å². The third-order valence-corrected chi connectivity index (χ3v) is 4.09. The Morgan fingerprint density at radius 3 is 2.56 bits per heavy atom. The number of carbonyl (C=O) groups excluding carboxylic acids is 1. The van der Waals surface area contributed by atoms with Gasteiger partial charge in [0, 0.05) is 12.6 Å². The second kappa shape index (κ2) is 6.53. The number of piperidine rings is 1. The fraction of sp³-hybridized carbons (Fsp3) is 0.929. The number of rotatable bonds is 4. The van der Waals surface area contributed by atoms with Crippen LogP contribution in [0, 0.1) is 5.92 Å². The van der Waals surface area contributed by atoms with Gasteiger partial charge in [-0.3, -0.25) is 9.69 Å². The lowest BCUT2D eigenvalue weighted by Gasteiger charge is -2.36.